The van der Waals surface area contributed by atoms with E-state index in [0.29, 0.717) is 0 Å². The lowest BCUT2D eigenvalue weighted by molar-refractivity contribution is -0.136. The molecule has 3 heteroatoms. The molecule has 0 saturated carbocycles. The lowest BCUT2D eigenvalue weighted by Crippen LogP contribution is -2.51. The Morgan fingerprint density at radius 3 is 1.87 bits per heavy atom. The molecule has 0 aliphatic carbocycles. The zero-order valence-electron chi connectivity index (χ0n) is 11.2. The third-order valence-corrected chi connectivity index (χ3v) is 3.19. The van der Waals surface area contributed by atoms with Crippen molar-refractivity contribution >= 4 is 5.91 Å². The number of nitrogens with two attached hydrogens (primary N) is 1. The maximum absolute atomic E-state index is 12.0. The fourth-order valence-corrected chi connectivity index (χ4v) is 1.29. The maximum Gasteiger partial charge on any atom is 0.239 e. The molecule has 3 nitrogen and oxygen atoms in total. The van der Waals surface area contributed by atoms with E-state index in [1.54, 1.807) is 4.90 Å². The molecule has 0 spiro atoms. The highest BCUT2D eigenvalue weighted by Gasteiger charge is 2.30. The molecule has 0 fully saturated rings. The van der Waals surface area contributed by atoms with Gasteiger partial charge in [-0.3, -0.25) is 4.79 Å². The average Bonchev–Trinajstić information content (AvgIpc) is 2.11. The Hall–Kier alpha value is -0.570. The summed E-state index contributed by atoms with van der Waals surface area (Å²) in [6.45, 7) is 12.4. The first-order valence-corrected chi connectivity index (χ1v) is 5.61. The fraction of sp³-hybridized carbons (Fsp3) is 0.917. The smallest absolute Gasteiger partial charge is 0.239 e. The van der Waals surface area contributed by atoms with Crippen molar-refractivity contribution in [3.05, 3.63) is 0 Å². The lowest BCUT2D eigenvalue weighted by atomic mass is 9.86. The van der Waals surface area contributed by atoms with Crippen LogP contribution in [0.1, 0.15) is 41.5 Å². The van der Waals surface area contributed by atoms with E-state index in [0.717, 1.165) is 0 Å². The largest absolute Gasteiger partial charge is 0.341 e. The van der Waals surface area contributed by atoms with Crippen molar-refractivity contribution in [1.82, 2.24) is 4.90 Å². The van der Waals surface area contributed by atoms with Crippen LogP contribution >= 0.6 is 0 Å². The molecule has 2 N–H and O–H groups in total. The Kier molecular flexibility index (Phi) is 4.78. The van der Waals surface area contributed by atoms with Gasteiger partial charge in [-0.25, -0.2) is 0 Å². The van der Waals surface area contributed by atoms with E-state index in [9.17, 15) is 4.79 Å². The number of rotatable bonds is 3. The summed E-state index contributed by atoms with van der Waals surface area (Å²) in [4.78, 5) is 13.7. The zero-order chi connectivity index (χ0) is 12.4. The second-order valence-electron chi connectivity index (χ2n) is 5.76. The molecular weight excluding hydrogens is 188 g/mol. The summed E-state index contributed by atoms with van der Waals surface area (Å²) in [6.07, 6.45) is 0. The summed E-state index contributed by atoms with van der Waals surface area (Å²) in [6, 6.07) is -0.199. The van der Waals surface area contributed by atoms with Crippen molar-refractivity contribution in [2.75, 3.05) is 7.05 Å². The van der Waals surface area contributed by atoms with E-state index in [1.165, 1.54) is 0 Å². The molecule has 0 rings (SSSR count). The number of amides is 1. The predicted octanol–water partition coefficient (Wildman–Crippen LogP) is 1.86. The first kappa shape index (κ1) is 14.4. The molecule has 0 aliphatic rings. The number of nitrogens with zero attached hydrogens (tertiary/aromatic N) is 1. The minimum atomic E-state index is -0.389. The van der Waals surface area contributed by atoms with E-state index >= 15 is 0 Å². The minimum absolute atomic E-state index is 0.0347. The highest BCUT2D eigenvalue weighted by atomic mass is 16.2. The van der Waals surface area contributed by atoms with Gasteiger partial charge >= 0.3 is 0 Å². The van der Waals surface area contributed by atoms with Crippen molar-refractivity contribution < 1.29 is 4.79 Å². The summed E-state index contributed by atoms with van der Waals surface area (Å²) < 4.78 is 0. The highest BCUT2D eigenvalue weighted by Crippen LogP contribution is 2.23. The molecule has 0 aromatic heterocycles. The lowest BCUT2D eigenvalue weighted by Gasteiger charge is -2.37. The monoisotopic (exact) mass is 214 g/mol. The molecule has 0 aliphatic heterocycles. The van der Waals surface area contributed by atoms with Crippen LogP contribution in [-0.4, -0.2) is 29.9 Å². The second-order valence-corrected chi connectivity index (χ2v) is 5.76. The number of likely N-dealkylation sites (N-methyl/N-ethyl adjacent to an activating group) is 1. The van der Waals surface area contributed by atoms with E-state index in [-0.39, 0.29) is 29.3 Å². The standard InChI is InChI=1S/C12H26N2O/c1-8(2)10(13)11(15)14(7)9(3)12(4,5)6/h8-10H,13H2,1-7H3/t9?,10-/m1/s1. The molecule has 0 radical (unpaired) electrons. The number of hydrogen-bond donors (Lipinski definition) is 1. The van der Waals surface area contributed by atoms with Crippen LogP contribution in [0.4, 0.5) is 0 Å². The van der Waals surface area contributed by atoms with Crippen LogP contribution in [0, 0.1) is 11.3 Å². The van der Waals surface area contributed by atoms with E-state index < -0.39 is 0 Å². The van der Waals surface area contributed by atoms with Gasteiger partial charge < -0.3 is 10.6 Å². The molecular formula is C12H26N2O. The van der Waals surface area contributed by atoms with Gasteiger partial charge in [-0.1, -0.05) is 34.6 Å². The van der Waals surface area contributed by atoms with Crippen LogP contribution in [0.15, 0.2) is 0 Å². The Bertz CT molecular complexity index is 218. The first-order valence-electron chi connectivity index (χ1n) is 5.61. The minimum Gasteiger partial charge on any atom is -0.341 e. The number of carbonyl (C=O) groups excluding carboxylic acids is 1. The van der Waals surface area contributed by atoms with E-state index in [2.05, 4.69) is 27.7 Å². The summed E-state index contributed by atoms with van der Waals surface area (Å²) in [5, 5.41) is 0. The fourth-order valence-electron chi connectivity index (χ4n) is 1.29. The van der Waals surface area contributed by atoms with Crippen molar-refractivity contribution in [1.29, 1.82) is 0 Å². The third kappa shape index (κ3) is 3.82. The zero-order valence-corrected chi connectivity index (χ0v) is 11.2. The Balaban J connectivity index is 4.59. The van der Waals surface area contributed by atoms with E-state index in [4.69, 9.17) is 5.73 Å². The molecule has 15 heavy (non-hydrogen) atoms. The van der Waals surface area contributed by atoms with Gasteiger partial charge in [0.05, 0.1) is 6.04 Å². The maximum atomic E-state index is 12.0. The van der Waals surface area contributed by atoms with Gasteiger partial charge in [0.25, 0.3) is 0 Å². The summed E-state index contributed by atoms with van der Waals surface area (Å²) in [7, 11) is 1.83. The molecule has 1 amide bonds. The molecule has 0 saturated heterocycles. The molecule has 0 heterocycles. The first-order chi connectivity index (χ1) is 6.59. The molecule has 0 aromatic carbocycles. The Morgan fingerprint density at radius 2 is 1.60 bits per heavy atom. The molecule has 0 aromatic rings. The topological polar surface area (TPSA) is 46.3 Å². The molecule has 90 valence electrons. The van der Waals surface area contributed by atoms with Crippen molar-refractivity contribution in [3.8, 4) is 0 Å². The van der Waals surface area contributed by atoms with Gasteiger partial charge in [-0.2, -0.15) is 0 Å². The van der Waals surface area contributed by atoms with Crippen molar-refractivity contribution in [3.63, 3.8) is 0 Å². The van der Waals surface area contributed by atoms with Crippen LogP contribution in [0.2, 0.25) is 0 Å². The van der Waals surface area contributed by atoms with Gasteiger partial charge in [0, 0.05) is 13.1 Å². The van der Waals surface area contributed by atoms with Crippen LogP contribution < -0.4 is 5.73 Å². The van der Waals surface area contributed by atoms with Gasteiger partial charge in [-0.15, -0.1) is 0 Å². The predicted molar refractivity (Wildman–Crippen MR) is 64.5 cm³/mol. The second kappa shape index (κ2) is 4.97. The van der Waals surface area contributed by atoms with Gasteiger partial charge in [0.15, 0.2) is 0 Å². The van der Waals surface area contributed by atoms with Crippen molar-refractivity contribution in [2.45, 2.75) is 53.6 Å². The molecule has 2 atom stereocenters. The van der Waals surface area contributed by atoms with Crippen LogP contribution in [0.3, 0.4) is 0 Å². The van der Waals surface area contributed by atoms with Crippen molar-refractivity contribution in [2.24, 2.45) is 17.1 Å². The van der Waals surface area contributed by atoms with Gasteiger partial charge in [-0.05, 0) is 18.3 Å². The Morgan fingerprint density at radius 1 is 1.20 bits per heavy atom. The van der Waals surface area contributed by atoms with Gasteiger partial charge in [0.1, 0.15) is 0 Å². The highest BCUT2D eigenvalue weighted by molar-refractivity contribution is 5.82. The quantitative estimate of drug-likeness (QED) is 0.779. The molecule has 0 bridgehead atoms. The molecule has 1 unspecified atom stereocenters. The number of hydrogen-bond acceptors (Lipinski definition) is 2. The summed E-state index contributed by atoms with van der Waals surface area (Å²) in [5.74, 6) is 0.222. The SMILES string of the molecule is CC(C)[C@@H](N)C(=O)N(C)C(C)C(C)(C)C. The normalized spacial score (nSPS) is 16.3. The van der Waals surface area contributed by atoms with Crippen LogP contribution in [0.25, 0.3) is 0 Å². The third-order valence-electron chi connectivity index (χ3n) is 3.19. The average molecular weight is 214 g/mol. The Labute approximate surface area is 94.0 Å². The van der Waals surface area contributed by atoms with E-state index in [1.807, 2.05) is 20.9 Å². The van der Waals surface area contributed by atoms with Gasteiger partial charge in [0.2, 0.25) is 5.91 Å². The summed E-state index contributed by atoms with van der Waals surface area (Å²) >= 11 is 0. The summed E-state index contributed by atoms with van der Waals surface area (Å²) in [5.41, 5.74) is 5.94. The van der Waals surface area contributed by atoms with Crippen LogP contribution in [0.5, 0.6) is 0 Å². The number of carbonyl (C=O) groups is 1. The van der Waals surface area contributed by atoms with Crippen LogP contribution in [-0.2, 0) is 4.79 Å².